The number of benzene rings is 3. The van der Waals surface area contributed by atoms with Gasteiger partial charge in [-0.15, -0.1) is 0 Å². The smallest absolute Gasteiger partial charge is 0.231 e. The molecule has 5 aromatic rings. The van der Waals surface area contributed by atoms with Gasteiger partial charge in [-0.25, -0.2) is 9.97 Å². The zero-order valence-corrected chi connectivity index (χ0v) is 19.2. The minimum atomic E-state index is 0.277. The van der Waals surface area contributed by atoms with Crippen molar-refractivity contribution < 1.29 is 18.9 Å². The second-order valence-electron chi connectivity index (χ2n) is 8.07. The van der Waals surface area contributed by atoms with Crippen molar-refractivity contribution in [3.05, 3.63) is 66.5 Å². The van der Waals surface area contributed by atoms with E-state index in [0.717, 1.165) is 50.4 Å². The number of nitrogens with one attached hydrogen (secondary N) is 3. The number of rotatable bonds is 7. The molecule has 9 nitrogen and oxygen atoms in total. The lowest BCUT2D eigenvalue weighted by Gasteiger charge is -2.10. The summed E-state index contributed by atoms with van der Waals surface area (Å²) in [4.78, 5) is 12.2. The van der Waals surface area contributed by atoms with Crippen LogP contribution in [0.5, 0.6) is 23.0 Å². The molecule has 9 heteroatoms. The van der Waals surface area contributed by atoms with Gasteiger partial charge < -0.3 is 34.6 Å². The fourth-order valence-electron chi connectivity index (χ4n) is 4.21. The third-order valence-electron chi connectivity index (χ3n) is 5.97. The summed E-state index contributed by atoms with van der Waals surface area (Å²) in [5.41, 5.74) is 4.66. The third kappa shape index (κ3) is 3.86. The van der Waals surface area contributed by atoms with E-state index in [9.17, 15) is 0 Å². The van der Waals surface area contributed by atoms with Gasteiger partial charge in [-0.2, -0.15) is 0 Å². The molecule has 3 heterocycles. The Balaban J connectivity index is 1.23. The normalized spacial score (nSPS) is 12.2. The summed E-state index contributed by atoms with van der Waals surface area (Å²) in [6.07, 6.45) is 1.54. The van der Waals surface area contributed by atoms with E-state index in [1.54, 1.807) is 14.2 Å². The molecule has 35 heavy (non-hydrogen) atoms. The Morgan fingerprint density at radius 1 is 0.886 bits per heavy atom. The molecular formula is C26H23N5O4. The van der Waals surface area contributed by atoms with Crippen molar-refractivity contribution in [3.8, 4) is 23.0 Å². The maximum atomic E-state index is 5.49. The Bertz CT molecular complexity index is 1530. The van der Waals surface area contributed by atoms with Crippen molar-refractivity contribution in [3.63, 3.8) is 0 Å². The van der Waals surface area contributed by atoms with Gasteiger partial charge in [0.1, 0.15) is 17.8 Å². The molecule has 2 aromatic heterocycles. The molecule has 0 saturated heterocycles. The number of H-pyrrole nitrogens is 1. The molecule has 0 spiro atoms. The predicted molar refractivity (Wildman–Crippen MR) is 134 cm³/mol. The van der Waals surface area contributed by atoms with Crippen LogP contribution in [0.2, 0.25) is 0 Å². The first kappa shape index (κ1) is 20.9. The first-order valence-electron chi connectivity index (χ1n) is 11.1. The average molecular weight is 470 g/mol. The lowest BCUT2D eigenvalue weighted by atomic mass is 10.1. The maximum Gasteiger partial charge on any atom is 0.231 e. The fraction of sp³-hybridized carbons (Fsp3) is 0.154. The Labute approximate surface area is 201 Å². The number of hydrogen-bond acceptors (Lipinski definition) is 8. The highest BCUT2D eigenvalue weighted by Gasteiger charge is 2.16. The average Bonchev–Trinajstić information content (AvgIpc) is 3.51. The molecule has 1 aliphatic heterocycles. The predicted octanol–water partition coefficient (Wildman–Crippen LogP) is 5.21. The summed E-state index contributed by atoms with van der Waals surface area (Å²) in [6, 6.07) is 17.9. The van der Waals surface area contributed by atoms with Crippen LogP contribution < -0.4 is 29.6 Å². The topological polar surface area (TPSA) is 103 Å². The van der Waals surface area contributed by atoms with Crippen molar-refractivity contribution in [2.24, 2.45) is 0 Å². The molecule has 1 aliphatic rings. The molecule has 3 N–H and O–H groups in total. The van der Waals surface area contributed by atoms with E-state index in [1.165, 1.54) is 6.33 Å². The van der Waals surface area contributed by atoms with Crippen LogP contribution in [-0.4, -0.2) is 36.0 Å². The summed E-state index contributed by atoms with van der Waals surface area (Å²) < 4.78 is 21.7. The molecule has 0 aliphatic carbocycles. The van der Waals surface area contributed by atoms with Gasteiger partial charge in [0, 0.05) is 29.4 Å². The van der Waals surface area contributed by atoms with Crippen LogP contribution in [-0.2, 0) is 6.54 Å². The van der Waals surface area contributed by atoms with Gasteiger partial charge in [0.2, 0.25) is 6.79 Å². The minimum Gasteiger partial charge on any atom is -0.493 e. The van der Waals surface area contributed by atoms with Crippen molar-refractivity contribution in [1.82, 2.24) is 15.0 Å². The van der Waals surface area contributed by atoms with E-state index >= 15 is 0 Å². The number of aromatic nitrogens is 3. The fourth-order valence-corrected chi connectivity index (χ4v) is 4.21. The highest BCUT2D eigenvalue weighted by atomic mass is 16.7. The van der Waals surface area contributed by atoms with Crippen molar-refractivity contribution >= 4 is 39.1 Å². The van der Waals surface area contributed by atoms with E-state index in [-0.39, 0.29) is 6.79 Å². The molecule has 0 saturated carbocycles. The molecule has 3 aromatic carbocycles. The largest absolute Gasteiger partial charge is 0.493 e. The van der Waals surface area contributed by atoms with Gasteiger partial charge in [0.25, 0.3) is 0 Å². The van der Waals surface area contributed by atoms with E-state index in [0.29, 0.717) is 23.9 Å². The number of fused-ring (bicyclic) bond motifs is 4. The van der Waals surface area contributed by atoms with Crippen LogP contribution in [0.3, 0.4) is 0 Å². The number of aromatic amines is 1. The minimum absolute atomic E-state index is 0.277. The molecule has 0 fully saturated rings. The van der Waals surface area contributed by atoms with Crippen LogP contribution >= 0.6 is 0 Å². The summed E-state index contributed by atoms with van der Waals surface area (Å²) in [5.74, 6) is 3.57. The van der Waals surface area contributed by atoms with E-state index in [2.05, 4.69) is 25.6 Å². The first-order chi connectivity index (χ1) is 17.2. The summed E-state index contributed by atoms with van der Waals surface area (Å²) in [6.45, 7) is 0.955. The van der Waals surface area contributed by atoms with Crippen LogP contribution in [0.15, 0.2) is 60.9 Å². The SMILES string of the molecule is COc1cc2[nH]c3ncnc(Nc4ccc(NCc5ccc6c(c5)OCO6)cc4)c3c2cc1OC. The Kier molecular flexibility index (Phi) is 5.14. The quantitative estimate of drug-likeness (QED) is 0.298. The Morgan fingerprint density at radius 2 is 1.66 bits per heavy atom. The Morgan fingerprint density at radius 3 is 2.49 bits per heavy atom. The molecule has 0 amide bonds. The monoisotopic (exact) mass is 469 g/mol. The van der Waals surface area contributed by atoms with Crippen molar-refractivity contribution in [1.29, 1.82) is 0 Å². The van der Waals surface area contributed by atoms with E-state index in [4.69, 9.17) is 18.9 Å². The summed E-state index contributed by atoms with van der Waals surface area (Å²) in [7, 11) is 3.24. The van der Waals surface area contributed by atoms with Gasteiger partial charge in [-0.3, -0.25) is 0 Å². The molecular weight excluding hydrogens is 446 g/mol. The van der Waals surface area contributed by atoms with Crippen molar-refractivity contribution in [2.75, 3.05) is 31.6 Å². The van der Waals surface area contributed by atoms with Gasteiger partial charge in [0.05, 0.1) is 25.1 Å². The number of methoxy groups -OCH3 is 2. The van der Waals surface area contributed by atoms with E-state index < -0.39 is 0 Å². The maximum absolute atomic E-state index is 5.49. The van der Waals surface area contributed by atoms with Gasteiger partial charge in [-0.1, -0.05) is 6.07 Å². The molecule has 176 valence electrons. The second-order valence-corrected chi connectivity index (χ2v) is 8.07. The first-order valence-corrected chi connectivity index (χ1v) is 11.1. The zero-order chi connectivity index (χ0) is 23.8. The second kappa shape index (κ2) is 8.60. The molecule has 0 bridgehead atoms. The highest BCUT2D eigenvalue weighted by molar-refractivity contribution is 6.12. The molecule has 0 unspecified atom stereocenters. The van der Waals surface area contributed by atoms with Crippen molar-refractivity contribution in [2.45, 2.75) is 6.54 Å². The van der Waals surface area contributed by atoms with E-state index in [1.807, 2.05) is 54.6 Å². The number of hydrogen-bond donors (Lipinski definition) is 3. The van der Waals surface area contributed by atoms with Crippen LogP contribution in [0.4, 0.5) is 17.2 Å². The molecule has 6 rings (SSSR count). The number of nitrogens with zero attached hydrogens (tertiary/aromatic N) is 2. The summed E-state index contributed by atoms with van der Waals surface area (Å²) >= 11 is 0. The molecule has 0 atom stereocenters. The standard InChI is InChI=1S/C26H23N5O4/c1-32-21-10-18-19(11-22(21)33-2)31-26-24(18)25(28-13-29-26)30-17-6-4-16(5-7-17)27-12-15-3-8-20-23(9-15)35-14-34-20/h3-11,13,27H,12,14H2,1-2H3,(H2,28,29,30,31). The highest BCUT2D eigenvalue weighted by Crippen LogP contribution is 2.38. The van der Waals surface area contributed by atoms with Gasteiger partial charge in [-0.05, 0) is 48.0 Å². The number of ether oxygens (including phenoxy) is 4. The Hall–Kier alpha value is -4.66. The number of anilines is 3. The summed E-state index contributed by atoms with van der Waals surface area (Å²) in [5, 5.41) is 8.68. The lowest BCUT2D eigenvalue weighted by molar-refractivity contribution is 0.174. The lowest BCUT2D eigenvalue weighted by Crippen LogP contribution is -2.00. The van der Waals surface area contributed by atoms with Crippen LogP contribution in [0.1, 0.15) is 5.56 Å². The van der Waals surface area contributed by atoms with Gasteiger partial charge >= 0.3 is 0 Å². The van der Waals surface area contributed by atoms with Gasteiger partial charge in [0.15, 0.2) is 23.0 Å². The van der Waals surface area contributed by atoms with Crippen LogP contribution in [0, 0.1) is 0 Å². The third-order valence-corrected chi connectivity index (χ3v) is 5.97. The molecule has 0 radical (unpaired) electrons. The zero-order valence-electron chi connectivity index (χ0n) is 19.2. The van der Waals surface area contributed by atoms with Crippen LogP contribution in [0.25, 0.3) is 21.9 Å².